The Morgan fingerprint density at radius 1 is 1.29 bits per heavy atom. The van der Waals surface area contributed by atoms with E-state index in [0.29, 0.717) is 17.9 Å². The second-order valence-electron chi connectivity index (χ2n) is 5.92. The highest BCUT2D eigenvalue weighted by atomic mass is 16.5. The number of piperidine rings is 1. The Morgan fingerprint density at radius 3 is 3.10 bits per heavy atom. The van der Waals surface area contributed by atoms with Gasteiger partial charge in [-0.15, -0.1) is 0 Å². The molecule has 4 rings (SSSR count). The van der Waals surface area contributed by atoms with E-state index in [1.807, 2.05) is 17.3 Å². The fourth-order valence-corrected chi connectivity index (χ4v) is 3.50. The van der Waals surface area contributed by atoms with Crippen LogP contribution >= 0.6 is 0 Å². The molecule has 6 nitrogen and oxygen atoms in total. The minimum absolute atomic E-state index is 0.0586. The molecule has 4 heterocycles. The first-order valence-corrected chi connectivity index (χ1v) is 7.47. The summed E-state index contributed by atoms with van der Waals surface area (Å²) in [4.78, 5) is 23.3. The molecule has 2 aromatic rings. The van der Waals surface area contributed by atoms with E-state index in [4.69, 9.17) is 4.74 Å². The van der Waals surface area contributed by atoms with Crippen molar-refractivity contribution in [3.8, 4) is 0 Å². The smallest absolute Gasteiger partial charge is 0.257 e. The number of ether oxygens (including phenoxy) is 1. The van der Waals surface area contributed by atoms with Gasteiger partial charge in [-0.3, -0.25) is 9.20 Å². The first-order chi connectivity index (χ1) is 10.3. The average Bonchev–Trinajstić information content (AvgIpc) is 3.16. The maximum absolute atomic E-state index is 12.9. The molecule has 0 N–H and O–H groups in total. The van der Waals surface area contributed by atoms with Crippen molar-refractivity contribution in [3.63, 3.8) is 0 Å². The molecule has 2 fully saturated rings. The van der Waals surface area contributed by atoms with E-state index >= 15 is 0 Å². The van der Waals surface area contributed by atoms with Gasteiger partial charge < -0.3 is 9.64 Å². The molecule has 6 heteroatoms. The molecule has 0 aromatic carbocycles. The fraction of sp³-hybridized carbons (Fsp3) is 0.533. The molecule has 1 spiro atoms. The van der Waals surface area contributed by atoms with Gasteiger partial charge in [-0.05, 0) is 25.7 Å². The average molecular weight is 286 g/mol. The van der Waals surface area contributed by atoms with E-state index < -0.39 is 0 Å². The summed E-state index contributed by atoms with van der Waals surface area (Å²) < 4.78 is 7.37. The van der Waals surface area contributed by atoms with Crippen molar-refractivity contribution in [1.29, 1.82) is 0 Å². The molecule has 2 aliphatic rings. The number of likely N-dealkylation sites (tertiary alicyclic amines) is 1. The topological polar surface area (TPSA) is 59.7 Å². The number of nitrogens with zero attached hydrogens (tertiary/aromatic N) is 4. The molecule has 0 aliphatic carbocycles. The molecule has 0 saturated carbocycles. The van der Waals surface area contributed by atoms with Crippen LogP contribution in [0.4, 0.5) is 0 Å². The molecule has 1 atom stereocenters. The van der Waals surface area contributed by atoms with Crippen LogP contribution in [0.25, 0.3) is 5.78 Å². The molecule has 1 amide bonds. The third kappa shape index (κ3) is 2.01. The summed E-state index contributed by atoms with van der Waals surface area (Å²) >= 11 is 0. The summed E-state index contributed by atoms with van der Waals surface area (Å²) in [6, 6.07) is 0. The molecule has 0 radical (unpaired) electrons. The van der Waals surface area contributed by atoms with Crippen LogP contribution in [0.2, 0.25) is 0 Å². The van der Waals surface area contributed by atoms with Crippen LogP contribution < -0.4 is 0 Å². The standard InChI is InChI=1S/C15H18N4O2/c20-13(12-9-17-14-16-5-7-18(14)10-12)19-6-2-1-3-15(19)4-8-21-11-15/h5,7,9-10H,1-4,6,8,11H2. The van der Waals surface area contributed by atoms with Crippen molar-refractivity contribution in [2.24, 2.45) is 0 Å². The lowest BCUT2D eigenvalue weighted by Crippen LogP contribution is -2.55. The third-order valence-electron chi connectivity index (χ3n) is 4.67. The zero-order valence-corrected chi connectivity index (χ0v) is 11.9. The summed E-state index contributed by atoms with van der Waals surface area (Å²) in [5.41, 5.74) is 0.521. The first kappa shape index (κ1) is 12.8. The van der Waals surface area contributed by atoms with Crippen molar-refractivity contribution in [1.82, 2.24) is 19.3 Å². The predicted octanol–water partition coefficient (Wildman–Crippen LogP) is 1.51. The van der Waals surface area contributed by atoms with Gasteiger partial charge in [0, 0.05) is 37.9 Å². The van der Waals surface area contributed by atoms with Gasteiger partial charge in [0.2, 0.25) is 5.78 Å². The molecule has 2 aliphatic heterocycles. The van der Waals surface area contributed by atoms with Gasteiger partial charge in [0.25, 0.3) is 5.91 Å². The van der Waals surface area contributed by atoms with Gasteiger partial charge in [0.1, 0.15) is 0 Å². The van der Waals surface area contributed by atoms with E-state index in [-0.39, 0.29) is 11.4 Å². The molecular weight excluding hydrogens is 268 g/mol. The maximum Gasteiger partial charge on any atom is 0.257 e. The Kier molecular flexibility index (Phi) is 2.92. The minimum atomic E-state index is -0.0980. The lowest BCUT2D eigenvalue weighted by atomic mass is 9.85. The molecule has 21 heavy (non-hydrogen) atoms. The van der Waals surface area contributed by atoms with E-state index in [9.17, 15) is 4.79 Å². The highest BCUT2D eigenvalue weighted by molar-refractivity contribution is 5.94. The van der Waals surface area contributed by atoms with Gasteiger partial charge in [0.05, 0.1) is 17.7 Å². The lowest BCUT2D eigenvalue weighted by Gasteiger charge is -2.44. The van der Waals surface area contributed by atoms with Crippen molar-refractivity contribution < 1.29 is 9.53 Å². The van der Waals surface area contributed by atoms with E-state index in [0.717, 1.165) is 32.4 Å². The number of fused-ring (bicyclic) bond motifs is 1. The van der Waals surface area contributed by atoms with Crippen LogP contribution in [-0.2, 0) is 4.74 Å². The Bertz CT molecular complexity index is 675. The molecule has 0 bridgehead atoms. The van der Waals surface area contributed by atoms with E-state index in [2.05, 4.69) is 9.97 Å². The number of hydrogen-bond acceptors (Lipinski definition) is 4. The van der Waals surface area contributed by atoms with Crippen LogP contribution in [0.15, 0.2) is 24.8 Å². The number of rotatable bonds is 1. The predicted molar refractivity (Wildman–Crippen MR) is 76.0 cm³/mol. The maximum atomic E-state index is 12.9. The van der Waals surface area contributed by atoms with Crippen molar-refractivity contribution in [3.05, 3.63) is 30.4 Å². The number of imidazole rings is 1. The summed E-state index contributed by atoms with van der Waals surface area (Å²) in [6.45, 7) is 2.23. The molecule has 1 unspecified atom stereocenters. The Labute approximate surface area is 122 Å². The second-order valence-corrected chi connectivity index (χ2v) is 5.92. The third-order valence-corrected chi connectivity index (χ3v) is 4.67. The van der Waals surface area contributed by atoms with E-state index in [1.165, 1.54) is 6.42 Å². The highest BCUT2D eigenvalue weighted by Gasteiger charge is 2.44. The van der Waals surface area contributed by atoms with Crippen molar-refractivity contribution >= 4 is 11.7 Å². The number of hydrogen-bond donors (Lipinski definition) is 0. The van der Waals surface area contributed by atoms with Gasteiger partial charge in [-0.2, -0.15) is 0 Å². The molecule has 2 saturated heterocycles. The number of carbonyl (C=O) groups is 1. The Hall–Kier alpha value is -1.95. The highest BCUT2D eigenvalue weighted by Crippen LogP contribution is 2.36. The normalized spacial score (nSPS) is 25.8. The quantitative estimate of drug-likeness (QED) is 0.797. The van der Waals surface area contributed by atoms with Crippen molar-refractivity contribution in [2.45, 2.75) is 31.2 Å². The van der Waals surface area contributed by atoms with Crippen LogP contribution in [0.5, 0.6) is 0 Å². The summed E-state index contributed by atoms with van der Waals surface area (Å²) in [6.07, 6.45) is 11.2. The summed E-state index contributed by atoms with van der Waals surface area (Å²) in [5, 5.41) is 0. The summed E-state index contributed by atoms with van der Waals surface area (Å²) in [5.74, 6) is 0.674. The zero-order chi connectivity index (χ0) is 14.3. The van der Waals surface area contributed by atoms with Gasteiger partial charge in [0.15, 0.2) is 0 Å². The van der Waals surface area contributed by atoms with Crippen LogP contribution in [0, 0.1) is 0 Å². The van der Waals surface area contributed by atoms with Gasteiger partial charge in [-0.25, -0.2) is 9.97 Å². The first-order valence-electron chi connectivity index (χ1n) is 7.47. The van der Waals surface area contributed by atoms with Crippen LogP contribution in [-0.4, -0.2) is 50.5 Å². The zero-order valence-electron chi connectivity index (χ0n) is 11.9. The van der Waals surface area contributed by atoms with Gasteiger partial charge in [-0.1, -0.05) is 0 Å². The van der Waals surface area contributed by atoms with Crippen LogP contribution in [0.1, 0.15) is 36.0 Å². The number of aromatic nitrogens is 3. The number of amides is 1. The fourth-order valence-electron chi connectivity index (χ4n) is 3.50. The SMILES string of the molecule is O=C(c1cnc2nccn2c1)N1CCCCC12CCOC2. The largest absolute Gasteiger partial charge is 0.379 e. The Morgan fingerprint density at radius 2 is 2.24 bits per heavy atom. The Balaban J connectivity index is 1.68. The molecule has 110 valence electrons. The van der Waals surface area contributed by atoms with Crippen molar-refractivity contribution in [2.75, 3.05) is 19.8 Å². The summed E-state index contributed by atoms with van der Waals surface area (Å²) in [7, 11) is 0. The van der Waals surface area contributed by atoms with E-state index in [1.54, 1.807) is 16.8 Å². The lowest BCUT2D eigenvalue weighted by molar-refractivity contribution is 0.0255. The van der Waals surface area contributed by atoms with Gasteiger partial charge >= 0.3 is 0 Å². The molecular formula is C15H18N4O2. The monoisotopic (exact) mass is 286 g/mol. The molecule has 2 aromatic heterocycles. The second kappa shape index (κ2) is 4.80. The number of carbonyl (C=O) groups excluding carboxylic acids is 1. The minimum Gasteiger partial charge on any atom is -0.379 e. The van der Waals surface area contributed by atoms with Crippen LogP contribution in [0.3, 0.4) is 0 Å².